The molecule has 1 amide bonds. The van der Waals surface area contributed by atoms with Gasteiger partial charge < -0.3 is 14.4 Å². The Hall–Kier alpha value is -2.92. The Kier molecular flexibility index (Phi) is 6.06. The molecule has 0 aromatic heterocycles. The van der Waals surface area contributed by atoms with Gasteiger partial charge in [0.25, 0.3) is 5.91 Å². The number of hydrogen-bond donors (Lipinski definition) is 0. The van der Waals surface area contributed by atoms with Gasteiger partial charge in [0.1, 0.15) is 23.5 Å². The summed E-state index contributed by atoms with van der Waals surface area (Å²) in [7, 11) is 1.62. The number of benzene rings is 3. The van der Waals surface area contributed by atoms with Crippen molar-refractivity contribution in [2.75, 3.05) is 19.4 Å². The summed E-state index contributed by atoms with van der Waals surface area (Å²) in [5.41, 5.74) is 2.89. The average Bonchev–Trinajstić information content (AvgIpc) is 3.28. The van der Waals surface area contributed by atoms with Gasteiger partial charge in [-0.1, -0.05) is 42.5 Å². The van der Waals surface area contributed by atoms with Crippen molar-refractivity contribution < 1.29 is 14.3 Å². The lowest BCUT2D eigenvalue weighted by atomic mass is 10.1. The summed E-state index contributed by atoms with van der Waals surface area (Å²) in [6, 6.07) is 25.4. The largest absolute Gasteiger partial charge is 0.497 e. The van der Waals surface area contributed by atoms with E-state index in [9.17, 15) is 4.79 Å². The molecule has 3 aromatic carbocycles. The van der Waals surface area contributed by atoms with Gasteiger partial charge in [-0.05, 0) is 47.5 Å². The van der Waals surface area contributed by atoms with Crippen LogP contribution in [0.2, 0.25) is 0 Å². The zero-order valence-electron chi connectivity index (χ0n) is 16.3. The maximum Gasteiger partial charge on any atom is 0.255 e. The highest BCUT2D eigenvalue weighted by Crippen LogP contribution is 2.39. The molecule has 0 saturated carbocycles. The highest BCUT2D eigenvalue weighted by Gasteiger charge is 2.31. The van der Waals surface area contributed by atoms with Crippen molar-refractivity contribution in [3.8, 4) is 11.5 Å². The molecule has 4 rings (SSSR count). The van der Waals surface area contributed by atoms with Gasteiger partial charge in [0.05, 0.1) is 7.11 Å². The van der Waals surface area contributed by atoms with Gasteiger partial charge >= 0.3 is 0 Å². The van der Waals surface area contributed by atoms with Crippen molar-refractivity contribution in [3.63, 3.8) is 0 Å². The number of nitrogens with zero attached hydrogens (tertiary/aromatic N) is 1. The molecule has 5 heteroatoms. The molecule has 1 aliphatic rings. The molecular weight excluding hydrogens is 382 g/mol. The van der Waals surface area contributed by atoms with Gasteiger partial charge in [0, 0.05) is 17.9 Å². The summed E-state index contributed by atoms with van der Waals surface area (Å²) in [5, 5.41) is -0.00937. The molecule has 1 fully saturated rings. The molecule has 0 radical (unpaired) electrons. The summed E-state index contributed by atoms with van der Waals surface area (Å²) in [6.45, 7) is 1.26. The van der Waals surface area contributed by atoms with Gasteiger partial charge in [-0.2, -0.15) is 0 Å². The first-order valence-corrected chi connectivity index (χ1v) is 10.6. The minimum absolute atomic E-state index is 0.00937. The van der Waals surface area contributed by atoms with E-state index < -0.39 is 0 Å². The number of rotatable bonds is 6. The molecule has 1 saturated heterocycles. The Morgan fingerprint density at radius 2 is 1.79 bits per heavy atom. The molecule has 4 nitrogen and oxygen atoms in total. The van der Waals surface area contributed by atoms with Crippen LogP contribution in [0.4, 0.5) is 0 Å². The fraction of sp³-hybridized carbons (Fsp3) is 0.208. The first kappa shape index (κ1) is 19.4. The maximum atomic E-state index is 13.1. The molecule has 0 spiro atoms. The second kappa shape index (κ2) is 9.05. The third-order valence-electron chi connectivity index (χ3n) is 4.88. The highest BCUT2D eigenvalue weighted by atomic mass is 32.2. The molecule has 29 heavy (non-hydrogen) atoms. The van der Waals surface area contributed by atoms with E-state index in [0.29, 0.717) is 12.2 Å². The van der Waals surface area contributed by atoms with Crippen molar-refractivity contribution in [1.29, 1.82) is 0 Å². The quantitative estimate of drug-likeness (QED) is 0.568. The molecular formula is C24H23NO3S. The second-order valence-electron chi connectivity index (χ2n) is 6.80. The highest BCUT2D eigenvalue weighted by molar-refractivity contribution is 7.99. The van der Waals surface area contributed by atoms with Crippen LogP contribution in [-0.4, -0.2) is 30.2 Å². The molecule has 1 heterocycles. The Balaban J connectivity index is 1.48. The van der Waals surface area contributed by atoms with Crippen LogP contribution in [0.25, 0.3) is 0 Å². The van der Waals surface area contributed by atoms with Crippen molar-refractivity contribution in [2.45, 2.75) is 12.0 Å². The van der Waals surface area contributed by atoms with Crippen molar-refractivity contribution in [1.82, 2.24) is 4.90 Å². The first-order valence-electron chi connectivity index (χ1n) is 9.58. The Bertz CT molecular complexity index is 959. The Morgan fingerprint density at radius 3 is 2.55 bits per heavy atom. The van der Waals surface area contributed by atoms with Crippen LogP contribution in [0.3, 0.4) is 0 Å². The number of ether oxygens (including phenoxy) is 2. The van der Waals surface area contributed by atoms with E-state index in [-0.39, 0.29) is 11.3 Å². The fourth-order valence-electron chi connectivity index (χ4n) is 3.35. The van der Waals surface area contributed by atoms with Crippen LogP contribution < -0.4 is 9.47 Å². The molecule has 1 atom stereocenters. The average molecular weight is 406 g/mol. The zero-order valence-corrected chi connectivity index (χ0v) is 17.1. The SMILES string of the molecule is COc1ccc(C(=O)N2CCSC2c2cccc(OCc3ccccc3)c2)cc1. The number of carbonyl (C=O) groups is 1. The topological polar surface area (TPSA) is 38.8 Å². The lowest BCUT2D eigenvalue weighted by molar-refractivity contribution is 0.0760. The molecule has 0 N–H and O–H groups in total. The first-order chi connectivity index (χ1) is 14.2. The fourth-order valence-corrected chi connectivity index (χ4v) is 4.60. The molecule has 148 valence electrons. The van der Waals surface area contributed by atoms with Crippen LogP contribution in [0.15, 0.2) is 78.9 Å². The monoisotopic (exact) mass is 405 g/mol. The number of amides is 1. The van der Waals surface area contributed by atoms with E-state index in [1.54, 1.807) is 18.9 Å². The number of hydrogen-bond acceptors (Lipinski definition) is 4. The van der Waals surface area contributed by atoms with Gasteiger partial charge in [0.2, 0.25) is 0 Å². The predicted octanol–water partition coefficient (Wildman–Crippen LogP) is 5.16. The van der Waals surface area contributed by atoms with Crippen LogP contribution in [0.5, 0.6) is 11.5 Å². The molecule has 1 aliphatic heterocycles. The van der Waals surface area contributed by atoms with Crippen LogP contribution in [0.1, 0.15) is 26.9 Å². The van der Waals surface area contributed by atoms with E-state index in [4.69, 9.17) is 9.47 Å². The normalized spacial score (nSPS) is 15.9. The molecule has 0 aliphatic carbocycles. The Labute approximate surface area is 175 Å². The standard InChI is InChI=1S/C24H23NO3S/c1-27-21-12-10-19(11-13-21)23(26)25-14-15-29-24(25)20-8-5-9-22(16-20)28-17-18-6-3-2-4-7-18/h2-13,16,24H,14-15,17H2,1H3. The minimum atomic E-state index is -0.00937. The van der Waals surface area contributed by atoms with Gasteiger partial charge in [-0.15, -0.1) is 11.8 Å². The Morgan fingerprint density at radius 1 is 1.00 bits per heavy atom. The molecule has 1 unspecified atom stereocenters. The van der Waals surface area contributed by atoms with Crippen LogP contribution in [0, 0.1) is 0 Å². The lowest BCUT2D eigenvalue weighted by Crippen LogP contribution is -2.30. The van der Waals surface area contributed by atoms with Crippen molar-refractivity contribution in [3.05, 3.63) is 95.6 Å². The summed E-state index contributed by atoms with van der Waals surface area (Å²) in [4.78, 5) is 15.0. The number of carbonyl (C=O) groups excluding carboxylic acids is 1. The van der Waals surface area contributed by atoms with Gasteiger partial charge in [-0.3, -0.25) is 4.79 Å². The summed E-state index contributed by atoms with van der Waals surface area (Å²) >= 11 is 1.78. The zero-order chi connectivity index (χ0) is 20.1. The van der Waals surface area contributed by atoms with E-state index in [2.05, 4.69) is 6.07 Å². The second-order valence-corrected chi connectivity index (χ2v) is 7.99. The molecule has 3 aromatic rings. The van der Waals surface area contributed by atoms with Gasteiger partial charge in [0.15, 0.2) is 0 Å². The lowest BCUT2D eigenvalue weighted by Gasteiger charge is -2.24. The van der Waals surface area contributed by atoms with E-state index >= 15 is 0 Å². The van der Waals surface area contributed by atoms with E-state index in [0.717, 1.165) is 34.9 Å². The molecule has 0 bridgehead atoms. The minimum Gasteiger partial charge on any atom is -0.497 e. The van der Waals surface area contributed by atoms with Gasteiger partial charge in [-0.25, -0.2) is 0 Å². The maximum absolute atomic E-state index is 13.1. The van der Waals surface area contributed by atoms with Crippen molar-refractivity contribution >= 4 is 17.7 Å². The third-order valence-corrected chi connectivity index (χ3v) is 6.14. The van der Waals surface area contributed by atoms with E-state index in [1.807, 2.05) is 77.7 Å². The third kappa shape index (κ3) is 4.57. The summed E-state index contributed by atoms with van der Waals surface area (Å²) in [5.74, 6) is 2.52. The number of methoxy groups -OCH3 is 1. The predicted molar refractivity (Wildman–Crippen MR) is 116 cm³/mol. The smallest absolute Gasteiger partial charge is 0.255 e. The van der Waals surface area contributed by atoms with Crippen molar-refractivity contribution in [2.24, 2.45) is 0 Å². The summed E-state index contributed by atoms with van der Waals surface area (Å²) < 4.78 is 11.2. The number of thioether (sulfide) groups is 1. The van der Waals surface area contributed by atoms with Crippen LogP contribution in [-0.2, 0) is 6.61 Å². The van der Waals surface area contributed by atoms with E-state index in [1.165, 1.54) is 0 Å². The van der Waals surface area contributed by atoms with Crippen LogP contribution >= 0.6 is 11.8 Å². The summed E-state index contributed by atoms with van der Waals surface area (Å²) in [6.07, 6.45) is 0.